The first kappa shape index (κ1) is 31.4. The van der Waals surface area contributed by atoms with Gasteiger partial charge in [0.2, 0.25) is 5.78 Å². The van der Waals surface area contributed by atoms with Crippen molar-refractivity contribution < 1.29 is 43.3 Å². The summed E-state index contributed by atoms with van der Waals surface area (Å²) in [5.41, 5.74) is -3.44. The van der Waals surface area contributed by atoms with Crippen molar-refractivity contribution in [1.29, 1.82) is 0 Å². The molecule has 0 aliphatic heterocycles. The molecule has 226 valence electrons. The smallest absolute Gasteiger partial charge is 0.306 e. The summed E-state index contributed by atoms with van der Waals surface area (Å²) in [6.07, 6.45) is 3.34. The van der Waals surface area contributed by atoms with Crippen LogP contribution in [0.4, 0.5) is 0 Å². The van der Waals surface area contributed by atoms with Gasteiger partial charge in [-0.3, -0.25) is 24.0 Å². The Balaban J connectivity index is 1.95. The molecule has 0 radical (unpaired) electrons. The highest BCUT2D eigenvalue weighted by atomic mass is 35.5. The number of carbonyl (C=O) groups is 5. The van der Waals surface area contributed by atoms with Gasteiger partial charge >= 0.3 is 17.9 Å². The molecule has 9 nitrogen and oxygen atoms in total. The summed E-state index contributed by atoms with van der Waals surface area (Å²) in [4.78, 5) is 63.0. The Morgan fingerprint density at radius 2 is 1.66 bits per heavy atom. The summed E-state index contributed by atoms with van der Waals surface area (Å²) in [6, 6.07) is 0. The molecule has 0 amide bonds. The Labute approximate surface area is 246 Å². The van der Waals surface area contributed by atoms with Crippen LogP contribution in [0.3, 0.4) is 0 Å². The molecule has 3 fully saturated rings. The van der Waals surface area contributed by atoms with E-state index in [0.29, 0.717) is 19.3 Å². The quantitative estimate of drug-likeness (QED) is 0.252. The lowest BCUT2D eigenvalue weighted by Crippen LogP contribution is -2.76. The third-order valence-corrected chi connectivity index (χ3v) is 11.4. The maximum Gasteiger partial charge on any atom is 0.306 e. The molecule has 10 heteroatoms. The highest BCUT2D eigenvalue weighted by Crippen LogP contribution is 2.72. The molecule has 9 atom stereocenters. The minimum absolute atomic E-state index is 0.00112. The molecule has 3 saturated carbocycles. The van der Waals surface area contributed by atoms with Crippen LogP contribution >= 0.6 is 11.6 Å². The van der Waals surface area contributed by atoms with Crippen molar-refractivity contribution in [2.45, 2.75) is 103 Å². The highest BCUT2D eigenvalue weighted by molar-refractivity contribution is 6.26. The average Bonchev–Trinajstić information content (AvgIpc) is 3.17. The first-order valence-corrected chi connectivity index (χ1v) is 15.0. The molecule has 4 aliphatic rings. The van der Waals surface area contributed by atoms with Gasteiger partial charge in [0.05, 0.1) is 10.3 Å². The van der Waals surface area contributed by atoms with Crippen LogP contribution in [0.5, 0.6) is 0 Å². The van der Waals surface area contributed by atoms with Crippen LogP contribution in [0.25, 0.3) is 0 Å². The van der Waals surface area contributed by atoms with E-state index in [-0.39, 0.29) is 25.0 Å². The molecule has 0 heterocycles. The Morgan fingerprint density at radius 1 is 1.02 bits per heavy atom. The van der Waals surface area contributed by atoms with E-state index < -0.39 is 81.6 Å². The summed E-state index contributed by atoms with van der Waals surface area (Å²) >= 11 is 7.61. The molecule has 0 aromatic carbocycles. The number of aliphatic hydroxyl groups is 1. The standard InChI is InChI=1S/C31H41ClO9/c1-7-23(35)39-16-22(34)31(41-25(37)9-3)17(4)14-21-20-11-10-18-15-19(33)12-13-28(18,5)30(20,32)26(38)27(29(21,31)6)40-24(36)8-2/h12-13,15,17,20-21,26-27,38H,7-11,14,16H2,1-6H3/t17-,20-,21-,26-,27+,28-,29+,30-,31-/m0/s1. The lowest BCUT2D eigenvalue weighted by atomic mass is 9.44. The number of Topliss-reactive ketones (excluding diaryl/α,β-unsaturated/α-hetero) is 1. The van der Waals surface area contributed by atoms with Gasteiger partial charge in [0.15, 0.2) is 18.0 Å². The van der Waals surface area contributed by atoms with Gasteiger partial charge in [-0.2, -0.15) is 0 Å². The van der Waals surface area contributed by atoms with E-state index in [1.807, 2.05) is 6.92 Å². The molecule has 0 aromatic heterocycles. The molecule has 0 unspecified atom stereocenters. The number of ketones is 2. The van der Waals surface area contributed by atoms with Crippen LogP contribution in [0.1, 0.15) is 80.1 Å². The van der Waals surface area contributed by atoms with E-state index in [1.54, 1.807) is 46.8 Å². The minimum atomic E-state index is -1.87. The second-order valence-electron chi connectivity index (χ2n) is 12.3. The summed E-state index contributed by atoms with van der Waals surface area (Å²) in [6.45, 7) is 9.60. The Kier molecular flexibility index (Phi) is 8.39. The summed E-state index contributed by atoms with van der Waals surface area (Å²) in [5.74, 6) is -4.05. The fourth-order valence-corrected chi connectivity index (χ4v) is 8.93. The summed E-state index contributed by atoms with van der Waals surface area (Å²) in [5, 5.41) is 12.3. The van der Waals surface area contributed by atoms with Crippen LogP contribution in [0, 0.1) is 28.6 Å². The van der Waals surface area contributed by atoms with Gasteiger partial charge in [0.25, 0.3) is 0 Å². The average molecular weight is 593 g/mol. The summed E-state index contributed by atoms with van der Waals surface area (Å²) in [7, 11) is 0. The van der Waals surface area contributed by atoms with Gasteiger partial charge < -0.3 is 19.3 Å². The topological polar surface area (TPSA) is 133 Å². The molecule has 4 aliphatic carbocycles. The van der Waals surface area contributed by atoms with E-state index in [2.05, 4.69) is 0 Å². The van der Waals surface area contributed by atoms with Crippen molar-refractivity contribution in [2.75, 3.05) is 6.61 Å². The number of rotatable bonds is 8. The molecule has 0 bridgehead atoms. The molecule has 1 N–H and O–H groups in total. The zero-order valence-electron chi connectivity index (χ0n) is 24.7. The highest BCUT2D eigenvalue weighted by Gasteiger charge is 2.80. The van der Waals surface area contributed by atoms with Crippen molar-refractivity contribution in [3.05, 3.63) is 23.8 Å². The third kappa shape index (κ3) is 4.32. The van der Waals surface area contributed by atoms with Gasteiger partial charge in [0, 0.05) is 30.6 Å². The molecule has 0 spiro atoms. The molecule has 0 saturated heterocycles. The number of halogens is 1. The van der Waals surface area contributed by atoms with Gasteiger partial charge in [-0.15, -0.1) is 11.6 Å². The number of allylic oxidation sites excluding steroid dienone is 4. The van der Waals surface area contributed by atoms with Gasteiger partial charge in [-0.05, 0) is 43.3 Å². The summed E-state index contributed by atoms with van der Waals surface area (Å²) < 4.78 is 17.4. The van der Waals surface area contributed by atoms with Crippen LogP contribution in [0.15, 0.2) is 23.8 Å². The van der Waals surface area contributed by atoms with E-state index in [9.17, 15) is 29.1 Å². The second-order valence-corrected chi connectivity index (χ2v) is 12.9. The fraction of sp³-hybridized carbons (Fsp3) is 0.710. The Morgan fingerprint density at radius 3 is 2.27 bits per heavy atom. The zero-order valence-corrected chi connectivity index (χ0v) is 25.4. The largest absolute Gasteiger partial charge is 0.459 e. The lowest BCUT2D eigenvalue weighted by Gasteiger charge is -2.65. The van der Waals surface area contributed by atoms with Crippen LogP contribution in [0.2, 0.25) is 0 Å². The van der Waals surface area contributed by atoms with E-state index in [1.165, 1.54) is 6.08 Å². The van der Waals surface area contributed by atoms with Gasteiger partial charge in [0.1, 0.15) is 12.2 Å². The number of carbonyl (C=O) groups excluding carboxylic acids is 5. The van der Waals surface area contributed by atoms with Gasteiger partial charge in [-0.1, -0.05) is 53.2 Å². The first-order valence-electron chi connectivity index (χ1n) is 14.6. The predicted octanol–water partition coefficient (Wildman–Crippen LogP) is 4.02. The number of ether oxygens (including phenoxy) is 3. The number of hydrogen-bond acceptors (Lipinski definition) is 9. The Bertz CT molecular complexity index is 1210. The predicted molar refractivity (Wildman–Crippen MR) is 149 cm³/mol. The number of aliphatic hydroxyl groups excluding tert-OH is 1. The number of alkyl halides is 1. The van der Waals surface area contributed by atoms with E-state index >= 15 is 0 Å². The van der Waals surface area contributed by atoms with Crippen molar-refractivity contribution in [3.63, 3.8) is 0 Å². The molecule has 41 heavy (non-hydrogen) atoms. The molecular formula is C31H41ClO9. The molecule has 4 rings (SSSR count). The van der Waals surface area contributed by atoms with Crippen molar-refractivity contribution >= 4 is 41.1 Å². The first-order chi connectivity index (χ1) is 19.2. The van der Waals surface area contributed by atoms with Crippen molar-refractivity contribution in [3.8, 4) is 0 Å². The number of fused-ring (bicyclic) bond motifs is 5. The fourth-order valence-electron chi connectivity index (χ4n) is 8.37. The maximum atomic E-state index is 14.2. The lowest BCUT2D eigenvalue weighted by molar-refractivity contribution is -0.244. The Hall–Kier alpha value is -2.52. The monoisotopic (exact) mass is 592 g/mol. The molecular weight excluding hydrogens is 552 g/mol. The maximum absolute atomic E-state index is 14.2. The third-order valence-electron chi connectivity index (χ3n) is 10.5. The van der Waals surface area contributed by atoms with Crippen molar-refractivity contribution in [1.82, 2.24) is 0 Å². The van der Waals surface area contributed by atoms with E-state index in [4.69, 9.17) is 25.8 Å². The van der Waals surface area contributed by atoms with Crippen LogP contribution < -0.4 is 0 Å². The SMILES string of the molecule is CCC(=O)OCC(=O)[C@@]1(OC(=O)CC)[C@@H](C)C[C@H]2[C@@H]3CCC4=CC(=O)C=C[C@]4(C)[C@@]3(Cl)[C@@H](O)[C@@H](OC(=O)CC)[C@@]21C. The van der Waals surface area contributed by atoms with Crippen molar-refractivity contribution in [2.24, 2.45) is 28.6 Å². The van der Waals surface area contributed by atoms with Gasteiger partial charge in [-0.25, -0.2) is 0 Å². The number of hydrogen-bond donors (Lipinski definition) is 1. The number of esters is 3. The second kappa shape index (κ2) is 11.0. The van der Waals surface area contributed by atoms with Crippen LogP contribution in [-0.2, 0) is 38.2 Å². The minimum Gasteiger partial charge on any atom is -0.459 e. The molecule has 0 aromatic rings. The zero-order chi connectivity index (χ0) is 30.5. The van der Waals surface area contributed by atoms with Crippen LogP contribution in [-0.4, -0.2) is 63.9 Å². The van der Waals surface area contributed by atoms with E-state index in [0.717, 1.165) is 5.57 Å². The normalized spacial score (nSPS) is 40.9.